The molecule has 0 fully saturated rings. The lowest BCUT2D eigenvalue weighted by Crippen LogP contribution is -2.55. The lowest BCUT2D eigenvalue weighted by atomic mass is 9.80. The van der Waals surface area contributed by atoms with Gasteiger partial charge in [0.25, 0.3) is 5.69 Å². The van der Waals surface area contributed by atoms with Gasteiger partial charge in [-0.1, -0.05) is 18.2 Å². The van der Waals surface area contributed by atoms with Crippen molar-refractivity contribution in [2.45, 2.75) is 32.0 Å². The molecule has 3 aliphatic heterocycles. The van der Waals surface area contributed by atoms with Crippen LogP contribution in [0.2, 0.25) is 0 Å². The molecule has 0 amide bonds. The summed E-state index contributed by atoms with van der Waals surface area (Å²) in [6, 6.07) is 15.5. The van der Waals surface area contributed by atoms with Crippen LogP contribution in [0, 0.1) is 10.1 Å². The van der Waals surface area contributed by atoms with Gasteiger partial charge in [-0.15, -0.1) is 0 Å². The van der Waals surface area contributed by atoms with E-state index in [-0.39, 0.29) is 23.4 Å². The minimum Gasteiger partial charge on any atom is -0.493 e. The molecular formula is C27H27N2O6+. The van der Waals surface area contributed by atoms with Gasteiger partial charge in [0.2, 0.25) is 6.79 Å². The largest absolute Gasteiger partial charge is 0.493 e. The summed E-state index contributed by atoms with van der Waals surface area (Å²) in [5.41, 5.74) is 5.75. The topological polar surface area (TPSA) is 80.1 Å². The molecule has 3 aromatic rings. The molecule has 0 spiro atoms. The van der Waals surface area contributed by atoms with Crippen LogP contribution in [0.4, 0.5) is 5.69 Å². The maximum atomic E-state index is 11.9. The number of nitro groups is 1. The highest BCUT2D eigenvalue weighted by Gasteiger charge is 2.48. The molecule has 0 aromatic heterocycles. The maximum Gasteiger partial charge on any atom is 0.278 e. The quantitative estimate of drug-likeness (QED) is 0.302. The van der Waals surface area contributed by atoms with Gasteiger partial charge in [0, 0.05) is 24.5 Å². The Morgan fingerprint density at radius 1 is 1.06 bits per heavy atom. The Morgan fingerprint density at radius 3 is 2.63 bits per heavy atom. The van der Waals surface area contributed by atoms with E-state index in [9.17, 15) is 10.1 Å². The van der Waals surface area contributed by atoms with Crippen molar-refractivity contribution in [1.82, 2.24) is 0 Å². The van der Waals surface area contributed by atoms with Crippen molar-refractivity contribution in [3.63, 3.8) is 0 Å². The first-order chi connectivity index (χ1) is 17.0. The number of methoxy groups -OCH3 is 2. The van der Waals surface area contributed by atoms with Crippen molar-refractivity contribution in [3.8, 4) is 23.0 Å². The molecule has 3 heterocycles. The number of hydrogen-bond acceptors (Lipinski definition) is 6. The molecule has 35 heavy (non-hydrogen) atoms. The molecule has 0 N–H and O–H groups in total. The minimum absolute atomic E-state index is 0.124. The molecule has 2 atom stereocenters. The van der Waals surface area contributed by atoms with Crippen molar-refractivity contribution in [2.24, 2.45) is 0 Å². The maximum absolute atomic E-state index is 11.9. The van der Waals surface area contributed by atoms with Crippen molar-refractivity contribution in [2.75, 3.05) is 27.6 Å². The van der Waals surface area contributed by atoms with E-state index in [4.69, 9.17) is 18.9 Å². The van der Waals surface area contributed by atoms with E-state index in [1.54, 1.807) is 26.4 Å². The molecular weight excluding hydrogens is 448 g/mol. The van der Waals surface area contributed by atoms with Crippen molar-refractivity contribution >= 4 is 5.69 Å². The Bertz CT molecular complexity index is 1340. The Hall–Kier alpha value is -3.78. The van der Waals surface area contributed by atoms with E-state index in [0.717, 1.165) is 47.8 Å². The molecule has 0 radical (unpaired) electrons. The molecule has 6 rings (SSSR count). The first-order valence-corrected chi connectivity index (χ1v) is 11.8. The highest BCUT2D eigenvalue weighted by Crippen LogP contribution is 2.51. The average Bonchev–Trinajstić information content (AvgIpc) is 3.33. The van der Waals surface area contributed by atoms with Gasteiger partial charge in [-0.25, -0.2) is 0 Å². The van der Waals surface area contributed by atoms with Crippen molar-refractivity contribution in [1.29, 1.82) is 0 Å². The van der Waals surface area contributed by atoms with Crippen LogP contribution in [-0.2, 0) is 25.9 Å². The predicted molar refractivity (Wildman–Crippen MR) is 128 cm³/mol. The van der Waals surface area contributed by atoms with Gasteiger partial charge < -0.3 is 23.4 Å². The van der Waals surface area contributed by atoms with E-state index in [0.29, 0.717) is 23.3 Å². The molecule has 0 saturated heterocycles. The summed E-state index contributed by atoms with van der Waals surface area (Å²) in [6.07, 6.45) is 1.65. The van der Waals surface area contributed by atoms with Gasteiger partial charge in [-0.3, -0.25) is 10.1 Å². The number of nitro benzene ring substituents is 1. The predicted octanol–water partition coefficient (Wildman–Crippen LogP) is 4.71. The number of para-hydroxylation sites is 1. The summed E-state index contributed by atoms with van der Waals surface area (Å²) in [6.45, 7) is 2.33. The summed E-state index contributed by atoms with van der Waals surface area (Å²) in [5, 5.41) is 11.9. The number of quaternary nitrogens is 1. The van der Waals surface area contributed by atoms with Gasteiger partial charge in [-0.2, -0.15) is 0 Å². The van der Waals surface area contributed by atoms with E-state index in [1.807, 2.05) is 18.2 Å². The van der Waals surface area contributed by atoms with Crippen LogP contribution in [-0.4, -0.2) is 37.0 Å². The first kappa shape index (κ1) is 21.7. The third kappa shape index (κ3) is 3.39. The fourth-order valence-corrected chi connectivity index (χ4v) is 6.14. The summed E-state index contributed by atoms with van der Waals surface area (Å²) in [7, 11) is 3.32. The van der Waals surface area contributed by atoms with Gasteiger partial charge in [0.1, 0.15) is 19.1 Å². The molecule has 8 heteroatoms. The number of rotatable bonds is 5. The van der Waals surface area contributed by atoms with Gasteiger partial charge in [0.15, 0.2) is 23.0 Å². The summed E-state index contributed by atoms with van der Waals surface area (Å²) >= 11 is 0. The Kier molecular flexibility index (Phi) is 5.07. The first-order valence-electron chi connectivity index (χ1n) is 11.8. The SMILES string of the molecule is COc1ccc2c(c1OC)C[N+]1(Cc3ccccc3[N+](=O)[O-])CCc3cc4c(cc3C1C2)OCO4. The molecule has 0 saturated carbocycles. The second-order valence-corrected chi connectivity index (χ2v) is 9.46. The van der Waals surface area contributed by atoms with Crippen LogP contribution >= 0.6 is 0 Å². The highest BCUT2D eigenvalue weighted by atomic mass is 16.7. The smallest absolute Gasteiger partial charge is 0.278 e. The molecule has 180 valence electrons. The summed E-state index contributed by atoms with van der Waals surface area (Å²) < 4.78 is 23.5. The number of nitrogens with zero attached hydrogens (tertiary/aromatic N) is 2. The number of fused-ring (bicyclic) bond motifs is 5. The number of benzene rings is 3. The van der Waals surface area contributed by atoms with Crippen LogP contribution in [0.5, 0.6) is 23.0 Å². The number of hydrogen-bond donors (Lipinski definition) is 0. The molecule has 8 nitrogen and oxygen atoms in total. The van der Waals surface area contributed by atoms with Gasteiger partial charge in [0.05, 0.1) is 36.8 Å². The molecule has 3 aromatic carbocycles. The zero-order valence-corrected chi connectivity index (χ0v) is 19.8. The van der Waals surface area contributed by atoms with Crippen LogP contribution in [0.1, 0.15) is 33.9 Å². The molecule has 3 aliphatic rings. The Labute approximate surface area is 203 Å². The Morgan fingerprint density at radius 2 is 1.86 bits per heavy atom. The third-order valence-corrected chi connectivity index (χ3v) is 7.79. The lowest BCUT2D eigenvalue weighted by molar-refractivity contribution is -0.985. The fraction of sp³-hybridized carbons (Fsp3) is 0.333. The van der Waals surface area contributed by atoms with E-state index in [1.165, 1.54) is 16.7 Å². The van der Waals surface area contributed by atoms with Crippen LogP contribution in [0.3, 0.4) is 0 Å². The normalized spacial score (nSPS) is 21.5. The van der Waals surface area contributed by atoms with Gasteiger partial charge in [-0.05, 0) is 35.4 Å². The zero-order valence-electron chi connectivity index (χ0n) is 19.8. The molecule has 0 aliphatic carbocycles. The summed E-state index contributed by atoms with van der Waals surface area (Å²) in [4.78, 5) is 11.6. The monoisotopic (exact) mass is 475 g/mol. The standard InChI is InChI=1S/C27H27N2O6/c1-32-24-8-7-17-11-23-20-13-26-25(34-16-35-26)12-18(20)9-10-29(23,15-21(17)27(24)33-2)14-19-5-3-4-6-22(19)28(30)31/h3-8,12-13,23H,9-11,14-16H2,1-2H3/q+1. The second kappa shape index (κ2) is 8.16. The second-order valence-electron chi connectivity index (χ2n) is 9.46. The molecule has 2 unspecified atom stereocenters. The van der Waals surface area contributed by atoms with Crippen molar-refractivity contribution < 1.29 is 28.4 Å². The Balaban J connectivity index is 1.52. The zero-order chi connectivity index (χ0) is 24.2. The molecule has 0 bridgehead atoms. The van der Waals surface area contributed by atoms with Gasteiger partial charge >= 0.3 is 0 Å². The summed E-state index contributed by atoms with van der Waals surface area (Å²) in [5.74, 6) is 3.02. The van der Waals surface area contributed by atoms with Crippen LogP contribution < -0.4 is 18.9 Å². The van der Waals surface area contributed by atoms with E-state index in [2.05, 4.69) is 18.2 Å². The van der Waals surface area contributed by atoms with Crippen LogP contribution in [0.15, 0.2) is 48.5 Å². The van der Waals surface area contributed by atoms with E-state index >= 15 is 0 Å². The minimum atomic E-state index is -0.278. The fourth-order valence-electron chi connectivity index (χ4n) is 6.14. The highest BCUT2D eigenvalue weighted by molar-refractivity contribution is 5.54. The van der Waals surface area contributed by atoms with Crippen LogP contribution in [0.25, 0.3) is 0 Å². The average molecular weight is 476 g/mol. The number of ether oxygens (including phenoxy) is 4. The van der Waals surface area contributed by atoms with Crippen molar-refractivity contribution in [3.05, 3.63) is 86.5 Å². The van der Waals surface area contributed by atoms with E-state index < -0.39 is 0 Å². The third-order valence-electron chi connectivity index (χ3n) is 7.79. The lowest BCUT2D eigenvalue weighted by Gasteiger charge is -2.51.